The largest absolute Gasteiger partial charge is 0.490 e. The molecule has 2 aromatic rings. The molecule has 28 heavy (non-hydrogen) atoms. The molecule has 1 aliphatic rings. The Labute approximate surface area is 163 Å². The molecule has 2 aromatic carbocycles. The van der Waals surface area contributed by atoms with Gasteiger partial charge in [-0.25, -0.2) is 9.69 Å². The number of para-hydroxylation sites is 1. The highest BCUT2D eigenvalue weighted by atomic mass is 16.5. The van der Waals surface area contributed by atoms with E-state index in [0.717, 1.165) is 16.9 Å². The van der Waals surface area contributed by atoms with Crippen molar-refractivity contribution in [2.75, 3.05) is 4.90 Å². The third-order valence-corrected chi connectivity index (χ3v) is 4.52. The van der Waals surface area contributed by atoms with Gasteiger partial charge in [-0.3, -0.25) is 14.9 Å². The van der Waals surface area contributed by atoms with Gasteiger partial charge >= 0.3 is 6.03 Å². The van der Waals surface area contributed by atoms with E-state index in [4.69, 9.17) is 4.74 Å². The van der Waals surface area contributed by atoms with Crippen LogP contribution in [0.5, 0.6) is 5.75 Å². The molecule has 0 spiro atoms. The number of rotatable bonds is 5. The van der Waals surface area contributed by atoms with Gasteiger partial charge in [-0.1, -0.05) is 42.8 Å². The summed E-state index contributed by atoms with van der Waals surface area (Å²) in [4.78, 5) is 38.5. The average molecular weight is 378 g/mol. The molecular formula is C22H22N2O4. The fourth-order valence-electron chi connectivity index (χ4n) is 2.75. The number of ether oxygens (including phenoxy) is 1. The maximum Gasteiger partial charge on any atom is 0.335 e. The fraction of sp³-hybridized carbons (Fsp3) is 0.227. The Balaban J connectivity index is 1.99. The number of imide groups is 2. The maximum atomic E-state index is 13.0. The van der Waals surface area contributed by atoms with Gasteiger partial charge in [-0.15, -0.1) is 0 Å². The summed E-state index contributed by atoms with van der Waals surface area (Å²) in [5, 5.41) is 2.23. The van der Waals surface area contributed by atoms with Crippen molar-refractivity contribution in [3.8, 4) is 5.75 Å². The summed E-state index contributed by atoms with van der Waals surface area (Å²) in [5.74, 6) is -0.823. The standard InChI is InChI=1S/C22H22N2O4/c1-4-15(3)28-19-8-6-5-7-16(19)13-18-20(25)23-22(27)24(21(18)26)17-11-9-14(2)10-12-17/h5-13,15H,4H2,1-3H3,(H,23,25,27)/b18-13+. The quantitative estimate of drug-likeness (QED) is 0.634. The maximum absolute atomic E-state index is 13.0. The summed E-state index contributed by atoms with van der Waals surface area (Å²) in [6.45, 7) is 5.86. The Morgan fingerprint density at radius 2 is 1.75 bits per heavy atom. The van der Waals surface area contributed by atoms with E-state index in [9.17, 15) is 14.4 Å². The van der Waals surface area contributed by atoms with Crippen LogP contribution in [0.2, 0.25) is 0 Å². The number of anilines is 1. The SMILES string of the molecule is CCC(C)Oc1ccccc1/C=C1\C(=O)NC(=O)N(c2ccc(C)cc2)C1=O. The number of nitrogens with zero attached hydrogens (tertiary/aromatic N) is 1. The van der Waals surface area contributed by atoms with Gasteiger partial charge in [-0.05, 0) is 44.5 Å². The summed E-state index contributed by atoms with van der Waals surface area (Å²) in [7, 11) is 0. The first-order chi connectivity index (χ1) is 13.4. The average Bonchev–Trinajstić information content (AvgIpc) is 2.67. The third-order valence-electron chi connectivity index (χ3n) is 4.52. The Morgan fingerprint density at radius 3 is 2.43 bits per heavy atom. The van der Waals surface area contributed by atoms with Crippen molar-refractivity contribution in [2.45, 2.75) is 33.3 Å². The minimum atomic E-state index is -0.764. The van der Waals surface area contributed by atoms with Gasteiger partial charge in [0, 0.05) is 5.56 Å². The van der Waals surface area contributed by atoms with Crippen LogP contribution in [-0.4, -0.2) is 23.9 Å². The van der Waals surface area contributed by atoms with Crippen molar-refractivity contribution < 1.29 is 19.1 Å². The van der Waals surface area contributed by atoms with Gasteiger partial charge in [0.2, 0.25) is 0 Å². The summed E-state index contributed by atoms with van der Waals surface area (Å²) in [6, 6.07) is 13.3. The fourth-order valence-corrected chi connectivity index (χ4v) is 2.75. The van der Waals surface area contributed by atoms with Crippen molar-refractivity contribution in [3.05, 3.63) is 65.2 Å². The molecule has 3 rings (SSSR count). The van der Waals surface area contributed by atoms with Crippen molar-refractivity contribution in [2.24, 2.45) is 0 Å². The molecule has 4 amide bonds. The smallest absolute Gasteiger partial charge is 0.335 e. The minimum Gasteiger partial charge on any atom is -0.490 e. The van der Waals surface area contributed by atoms with E-state index in [1.54, 1.807) is 42.5 Å². The number of nitrogens with one attached hydrogen (secondary N) is 1. The van der Waals surface area contributed by atoms with E-state index >= 15 is 0 Å². The normalized spacial score (nSPS) is 16.9. The lowest BCUT2D eigenvalue weighted by Crippen LogP contribution is -2.54. The Kier molecular flexibility index (Phi) is 5.59. The van der Waals surface area contributed by atoms with Crippen LogP contribution in [0.3, 0.4) is 0 Å². The molecule has 1 heterocycles. The first-order valence-electron chi connectivity index (χ1n) is 9.14. The number of carbonyl (C=O) groups is 3. The predicted molar refractivity (Wildman–Crippen MR) is 107 cm³/mol. The molecule has 0 saturated carbocycles. The number of hydrogen-bond donors (Lipinski definition) is 1. The molecule has 6 heteroatoms. The number of benzene rings is 2. The van der Waals surface area contributed by atoms with Gasteiger partial charge in [0.1, 0.15) is 11.3 Å². The highest BCUT2D eigenvalue weighted by Crippen LogP contribution is 2.26. The molecule has 6 nitrogen and oxygen atoms in total. The van der Waals surface area contributed by atoms with E-state index < -0.39 is 17.8 Å². The number of hydrogen-bond acceptors (Lipinski definition) is 4. The zero-order valence-corrected chi connectivity index (χ0v) is 16.1. The van der Waals surface area contributed by atoms with E-state index in [1.165, 1.54) is 6.08 Å². The molecule has 1 saturated heterocycles. The molecule has 1 aliphatic heterocycles. The van der Waals surface area contributed by atoms with Crippen molar-refractivity contribution in [3.63, 3.8) is 0 Å². The van der Waals surface area contributed by atoms with Gasteiger partial charge in [-0.2, -0.15) is 0 Å². The Bertz CT molecular complexity index is 947. The minimum absolute atomic E-state index is 0.0129. The highest BCUT2D eigenvalue weighted by Gasteiger charge is 2.36. The van der Waals surface area contributed by atoms with Crippen LogP contribution in [0.1, 0.15) is 31.4 Å². The first kappa shape index (κ1) is 19.4. The van der Waals surface area contributed by atoms with Crippen LogP contribution in [-0.2, 0) is 9.59 Å². The van der Waals surface area contributed by atoms with Crippen LogP contribution in [0.15, 0.2) is 54.1 Å². The molecule has 0 aliphatic carbocycles. The zero-order valence-electron chi connectivity index (χ0n) is 16.1. The van der Waals surface area contributed by atoms with Crippen LogP contribution in [0.4, 0.5) is 10.5 Å². The summed E-state index contributed by atoms with van der Waals surface area (Å²) in [6.07, 6.45) is 2.27. The molecule has 144 valence electrons. The van der Waals surface area contributed by atoms with Crippen LogP contribution < -0.4 is 15.0 Å². The van der Waals surface area contributed by atoms with Crippen LogP contribution in [0, 0.1) is 6.92 Å². The van der Waals surface area contributed by atoms with Crippen molar-refractivity contribution in [1.82, 2.24) is 5.32 Å². The van der Waals surface area contributed by atoms with Crippen LogP contribution in [0.25, 0.3) is 6.08 Å². The number of carbonyl (C=O) groups excluding carboxylic acids is 3. The molecule has 1 atom stereocenters. The van der Waals surface area contributed by atoms with Crippen molar-refractivity contribution >= 4 is 29.6 Å². The van der Waals surface area contributed by atoms with E-state index in [-0.39, 0.29) is 11.7 Å². The summed E-state index contributed by atoms with van der Waals surface area (Å²) >= 11 is 0. The molecule has 1 N–H and O–H groups in total. The second-order valence-corrected chi connectivity index (χ2v) is 6.67. The summed E-state index contributed by atoms with van der Waals surface area (Å²) in [5.41, 5.74) is 1.87. The first-order valence-corrected chi connectivity index (χ1v) is 9.14. The summed E-state index contributed by atoms with van der Waals surface area (Å²) < 4.78 is 5.88. The molecule has 0 radical (unpaired) electrons. The molecule has 0 aromatic heterocycles. The van der Waals surface area contributed by atoms with Gasteiger partial charge in [0.15, 0.2) is 0 Å². The number of barbiturate groups is 1. The van der Waals surface area contributed by atoms with E-state index in [0.29, 0.717) is 17.0 Å². The number of amides is 4. The lowest BCUT2D eigenvalue weighted by atomic mass is 10.1. The van der Waals surface area contributed by atoms with Gasteiger partial charge < -0.3 is 4.74 Å². The molecular weight excluding hydrogens is 356 g/mol. The van der Waals surface area contributed by atoms with Crippen LogP contribution >= 0.6 is 0 Å². The Hall–Kier alpha value is -3.41. The second kappa shape index (κ2) is 8.08. The molecule has 1 fully saturated rings. The third kappa shape index (κ3) is 3.96. The zero-order chi connectivity index (χ0) is 20.3. The van der Waals surface area contributed by atoms with Gasteiger partial charge in [0.05, 0.1) is 11.8 Å². The van der Waals surface area contributed by atoms with Crippen molar-refractivity contribution in [1.29, 1.82) is 0 Å². The lowest BCUT2D eigenvalue weighted by Gasteiger charge is -2.26. The number of urea groups is 1. The lowest BCUT2D eigenvalue weighted by molar-refractivity contribution is -0.122. The predicted octanol–water partition coefficient (Wildman–Crippen LogP) is 3.84. The molecule has 1 unspecified atom stereocenters. The van der Waals surface area contributed by atoms with Gasteiger partial charge in [0.25, 0.3) is 11.8 Å². The van der Waals surface area contributed by atoms with E-state index in [2.05, 4.69) is 5.32 Å². The van der Waals surface area contributed by atoms with E-state index in [1.807, 2.05) is 26.8 Å². The topological polar surface area (TPSA) is 75.7 Å². The Morgan fingerprint density at radius 1 is 1.07 bits per heavy atom. The molecule has 0 bridgehead atoms. The monoisotopic (exact) mass is 378 g/mol. The second-order valence-electron chi connectivity index (χ2n) is 6.67. The highest BCUT2D eigenvalue weighted by molar-refractivity contribution is 6.39. The number of aryl methyl sites for hydroxylation is 1.